The molecule has 0 aliphatic heterocycles. The number of para-hydroxylation sites is 2. The molecule has 0 radical (unpaired) electrons. The molecule has 0 spiro atoms. The molecule has 2 aromatic carbocycles. The molecule has 0 saturated heterocycles. The van der Waals surface area contributed by atoms with Gasteiger partial charge in [-0.1, -0.05) is 12.1 Å². The van der Waals surface area contributed by atoms with Crippen LogP contribution in [0.25, 0.3) is 11.0 Å². The van der Waals surface area contributed by atoms with Gasteiger partial charge in [0.25, 0.3) is 0 Å². The lowest BCUT2D eigenvalue weighted by Gasteiger charge is -2.13. The molecular formula is C17H14F4N4O2. The zero-order chi connectivity index (χ0) is 19.4. The number of alkyl halides is 4. The maximum Gasteiger partial charge on any atom is 0.387 e. The van der Waals surface area contributed by atoms with Crippen molar-refractivity contribution in [2.45, 2.75) is 20.1 Å². The maximum atomic E-state index is 12.6. The number of nitrogens with zero attached hydrogens (tertiary/aromatic N) is 2. The number of anilines is 1. The zero-order valence-corrected chi connectivity index (χ0v) is 13.9. The number of H-pyrrole nitrogens is 1. The van der Waals surface area contributed by atoms with Gasteiger partial charge in [-0.25, -0.2) is 10.4 Å². The Labute approximate surface area is 150 Å². The number of aromatic amines is 1. The summed E-state index contributed by atoms with van der Waals surface area (Å²) in [6, 6.07) is 10.8. The van der Waals surface area contributed by atoms with E-state index in [0.717, 1.165) is 17.1 Å². The Morgan fingerprint density at radius 1 is 1.07 bits per heavy atom. The third kappa shape index (κ3) is 4.66. The normalized spacial score (nSPS) is 12.0. The van der Waals surface area contributed by atoms with Gasteiger partial charge in [0.05, 0.1) is 16.7 Å². The van der Waals surface area contributed by atoms with E-state index in [4.69, 9.17) is 0 Å². The molecule has 0 saturated carbocycles. The molecule has 1 heterocycles. The van der Waals surface area contributed by atoms with Crippen LogP contribution in [0.4, 0.5) is 23.5 Å². The van der Waals surface area contributed by atoms with Crippen molar-refractivity contribution in [1.82, 2.24) is 9.97 Å². The Bertz CT molecular complexity index is 926. The standard InChI is InChI=1S/C17H14F4N4O2/c1-9(24-25-17-22-12-4-2-3-5-13(12)23-17)11-7-6-10(26-15(18)19)8-14(11)27-16(20)21/h2-8,15-16H,1H3,(H2,22,23,25)/b24-9+. The van der Waals surface area contributed by atoms with Crippen molar-refractivity contribution in [2.24, 2.45) is 5.10 Å². The molecule has 0 atom stereocenters. The predicted molar refractivity (Wildman–Crippen MR) is 91.6 cm³/mol. The van der Waals surface area contributed by atoms with Crippen molar-refractivity contribution in [2.75, 3.05) is 5.43 Å². The summed E-state index contributed by atoms with van der Waals surface area (Å²) in [6.45, 7) is -4.68. The van der Waals surface area contributed by atoms with Crippen LogP contribution >= 0.6 is 0 Å². The van der Waals surface area contributed by atoms with Gasteiger partial charge >= 0.3 is 13.2 Å². The van der Waals surface area contributed by atoms with Gasteiger partial charge in [-0.05, 0) is 31.2 Å². The Hall–Kier alpha value is -3.30. The molecule has 1 aromatic heterocycles. The van der Waals surface area contributed by atoms with Gasteiger partial charge in [0, 0.05) is 11.6 Å². The molecule has 0 aliphatic rings. The third-order valence-corrected chi connectivity index (χ3v) is 3.50. The molecular weight excluding hydrogens is 368 g/mol. The lowest BCUT2D eigenvalue weighted by molar-refractivity contribution is -0.0543. The van der Waals surface area contributed by atoms with E-state index in [1.165, 1.54) is 19.1 Å². The number of rotatable bonds is 7. The largest absolute Gasteiger partial charge is 0.435 e. The smallest absolute Gasteiger partial charge is 0.387 e. The van der Waals surface area contributed by atoms with E-state index in [9.17, 15) is 17.6 Å². The summed E-state index contributed by atoms with van der Waals surface area (Å²) in [5.74, 6) is -0.289. The van der Waals surface area contributed by atoms with E-state index < -0.39 is 13.2 Å². The highest BCUT2D eigenvalue weighted by Crippen LogP contribution is 2.28. The molecule has 0 bridgehead atoms. The van der Waals surface area contributed by atoms with Gasteiger partial charge < -0.3 is 14.5 Å². The topological polar surface area (TPSA) is 71.5 Å². The minimum atomic E-state index is -3.14. The number of hydrogen-bond donors (Lipinski definition) is 2. The first kappa shape index (κ1) is 18.5. The highest BCUT2D eigenvalue weighted by Gasteiger charge is 2.15. The Kier molecular flexibility index (Phi) is 5.43. The Balaban J connectivity index is 1.84. The van der Waals surface area contributed by atoms with Crippen LogP contribution in [0.3, 0.4) is 0 Å². The fraction of sp³-hybridized carbons (Fsp3) is 0.176. The summed E-state index contributed by atoms with van der Waals surface area (Å²) < 4.78 is 58.5. The fourth-order valence-electron chi connectivity index (χ4n) is 2.37. The summed E-state index contributed by atoms with van der Waals surface area (Å²) >= 11 is 0. The highest BCUT2D eigenvalue weighted by atomic mass is 19.3. The first-order valence-electron chi connectivity index (χ1n) is 7.71. The molecule has 3 rings (SSSR count). The molecule has 2 N–H and O–H groups in total. The molecule has 0 amide bonds. The van der Waals surface area contributed by atoms with E-state index in [1.807, 2.05) is 24.3 Å². The van der Waals surface area contributed by atoms with Crippen LogP contribution in [0, 0.1) is 0 Å². The molecule has 0 unspecified atom stereocenters. The van der Waals surface area contributed by atoms with Crippen LogP contribution in [0.1, 0.15) is 12.5 Å². The average Bonchev–Trinajstić information content (AvgIpc) is 3.02. The summed E-state index contributed by atoms with van der Waals surface area (Å²) in [4.78, 5) is 7.26. The second kappa shape index (κ2) is 7.94. The predicted octanol–water partition coefficient (Wildman–Crippen LogP) is 4.60. The van der Waals surface area contributed by atoms with Gasteiger partial charge in [0.1, 0.15) is 11.5 Å². The van der Waals surface area contributed by atoms with Crippen molar-refractivity contribution < 1.29 is 27.0 Å². The number of hydrogen-bond acceptors (Lipinski definition) is 5. The molecule has 0 fully saturated rings. The van der Waals surface area contributed by atoms with Crippen molar-refractivity contribution >= 4 is 22.7 Å². The van der Waals surface area contributed by atoms with E-state index >= 15 is 0 Å². The first-order chi connectivity index (χ1) is 12.9. The number of aromatic nitrogens is 2. The van der Waals surface area contributed by atoms with Crippen LogP contribution in [0.15, 0.2) is 47.6 Å². The summed E-state index contributed by atoms with van der Waals surface area (Å²) in [6.07, 6.45) is 0. The monoisotopic (exact) mass is 382 g/mol. The number of nitrogens with one attached hydrogen (secondary N) is 2. The minimum absolute atomic E-state index is 0.181. The second-order valence-electron chi connectivity index (χ2n) is 5.33. The van der Waals surface area contributed by atoms with Crippen LogP contribution < -0.4 is 14.9 Å². The van der Waals surface area contributed by atoms with Crippen molar-refractivity contribution in [3.05, 3.63) is 48.0 Å². The lowest BCUT2D eigenvalue weighted by Crippen LogP contribution is -2.09. The van der Waals surface area contributed by atoms with E-state index in [-0.39, 0.29) is 22.8 Å². The number of fused-ring (bicyclic) bond motifs is 1. The molecule has 0 aliphatic carbocycles. The average molecular weight is 382 g/mol. The minimum Gasteiger partial charge on any atom is -0.435 e. The van der Waals surface area contributed by atoms with Gasteiger partial charge in [-0.15, -0.1) is 0 Å². The molecule has 142 valence electrons. The van der Waals surface area contributed by atoms with E-state index in [2.05, 4.69) is 30.0 Å². The quantitative estimate of drug-likeness (QED) is 0.356. The Morgan fingerprint density at radius 2 is 1.81 bits per heavy atom. The Morgan fingerprint density at radius 3 is 2.52 bits per heavy atom. The van der Waals surface area contributed by atoms with E-state index in [1.54, 1.807) is 0 Å². The number of ether oxygens (including phenoxy) is 2. The molecule has 27 heavy (non-hydrogen) atoms. The van der Waals surface area contributed by atoms with Crippen molar-refractivity contribution in [1.29, 1.82) is 0 Å². The van der Waals surface area contributed by atoms with Crippen LogP contribution in [0.2, 0.25) is 0 Å². The van der Waals surface area contributed by atoms with E-state index in [0.29, 0.717) is 5.95 Å². The molecule has 3 aromatic rings. The SMILES string of the molecule is C/C(=N\Nc1nc2ccccc2[nH]1)c1ccc(OC(F)F)cc1OC(F)F. The summed E-state index contributed by atoms with van der Waals surface area (Å²) in [5.41, 5.74) is 4.66. The fourth-order valence-corrected chi connectivity index (χ4v) is 2.37. The number of halogens is 4. The number of hydrazone groups is 1. The zero-order valence-electron chi connectivity index (χ0n) is 13.9. The van der Waals surface area contributed by atoms with Gasteiger partial charge in [0.15, 0.2) is 0 Å². The molecule has 6 nitrogen and oxygen atoms in total. The van der Waals surface area contributed by atoms with Crippen LogP contribution in [-0.2, 0) is 0 Å². The first-order valence-corrected chi connectivity index (χ1v) is 7.71. The van der Waals surface area contributed by atoms with Crippen LogP contribution in [0.5, 0.6) is 11.5 Å². The lowest BCUT2D eigenvalue weighted by atomic mass is 10.1. The second-order valence-corrected chi connectivity index (χ2v) is 5.33. The summed E-state index contributed by atoms with van der Waals surface area (Å²) in [5, 5.41) is 4.08. The van der Waals surface area contributed by atoms with Crippen molar-refractivity contribution in [3.8, 4) is 11.5 Å². The van der Waals surface area contributed by atoms with Gasteiger partial charge in [-0.3, -0.25) is 0 Å². The van der Waals surface area contributed by atoms with Crippen molar-refractivity contribution in [3.63, 3.8) is 0 Å². The van der Waals surface area contributed by atoms with Crippen LogP contribution in [-0.4, -0.2) is 28.9 Å². The van der Waals surface area contributed by atoms with Gasteiger partial charge in [0.2, 0.25) is 5.95 Å². The van der Waals surface area contributed by atoms with Gasteiger partial charge in [-0.2, -0.15) is 22.7 Å². The highest BCUT2D eigenvalue weighted by molar-refractivity contribution is 6.01. The maximum absolute atomic E-state index is 12.6. The third-order valence-electron chi connectivity index (χ3n) is 3.50. The number of benzene rings is 2. The number of imidazole rings is 1. The molecule has 10 heteroatoms. The summed E-state index contributed by atoms with van der Waals surface area (Å²) in [7, 11) is 0.